The van der Waals surface area contributed by atoms with Crippen LogP contribution in [0.1, 0.15) is 18.5 Å². The third kappa shape index (κ3) is 3.17. The lowest BCUT2D eigenvalue weighted by molar-refractivity contribution is 0.503. The summed E-state index contributed by atoms with van der Waals surface area (Å²) in [5.41, 5.74) is 0.665. The second-order valence-corrected chi connectivity index (χ2v) is 5.92. The summed E-state index contributed by atoms with van der Waals surface area (Å²) in [6, 6.07) is 5.29. The van der Waals surface area contributed by atoms with E-state index in [1.807, 2.05) is 0 Å². The molecule has 7 heteroatoms. The number of sulfonamides is 1. The first-order chi connectivity index (χ1) is 9.40. The van der Waals surface area contributed by atoms with Gasteiger partial charge in [-0.3, -0.25) is 4.98 Å². The molecule has 4 nitrogen and oxygen atoms in total. The Labute approximate surface area is 115 Å². The Morgan fingerprint density at radius 3 is 2.55 bits per heavy atom. The molecular weight excluding hydrogens is 286 g/mol. The molecule has 1 atom stereocenters. The van der Waals surface area contributed by atoms with E-state index in [4.69, 9.17) is 0 Å². The van der Waals surface area contributed by atoms with E-state index < -0.39 is 27.7 Å². The zero-order valence-corrected chi connectivity index (χ0v) is 11.4. The van der Waals surface area contributed by atoms with Crippen LogP contribution in [0.2, 0.25) is 0 Å². The highest BCUT2D eigenvalue weighted by Crippen LogP contribution is 2.18. The fraction of sp³-hybridized carbons (Fsp3) is 0.154. The van der Waals surface area contributed by atoms with Gasteiger partial charge in [0, 0.05) is 18.4 Å². The van der Waals surface area contributed by atoms with Gasteiger partial charge in [0.25, 0.3) is 0 Å². The topological polar surface area (TPSA) is 59.1 Å². The molecule has 2 rings (SSSR count). The predicted octanol–water partition coefficient (Wildman–Crippen LogP) is 2.40. The average molecular weight is 298 g/mol. The highest BCUT2D eigenvalue weighted by atomic mass is 32.2. The molecule has 0 saturated carbocycles. The third-order valence-corrected chi connectivity index (χ3v) is 4.26. The molecule has 1 aromatic carbocycles. The Bertz CT molecular complexity index is 706. The molecule has 0 spiro atoms. The largest absolute Gasteiger partial charge is 0.264 e. The maximum Gasteiger partial charge on any atom is 0.241 e. The molecule has 20 heavy (non-hydrogen) atoms. The zero-order chi connectivity index (χ0) is 14.8. The van der Waals surface area contributed by atoms with E-state index in [2.05, 4.69) is 9.71 Å². The van der Waals surface area contributed by atoms with Gasteiger partial charge in [0.2, 0.25) is 10.0 Å². The number of rotatable bonds is 4. The molecule has 0 aliphatic heterocycles. The van der Waals surface area contributed by atoms with Crippen LogP contribution in [-0.2, 0) is 10.0 Å². The van der Waals surface area contributed by atoms with Gasteiger partial charge in [-0.1, -0.05) is 6.07 Å². The van der Waals surface area contributed by atoms with Crippen LogP contribution >= 0.6 is 0 Å². The summed E-state index contributed by atoms with van der Waals surface area (Å²) in [6.07, 6.45) is 3.10. The van der Waals surface area contributed by atoms with Crippen LogP contribution in [0.5, 0.6) is 0 Å². The first kappa shape index (κ1) is 14.5. The average Bonchev–Trinajstić information content (AvgIpc) is 2.42. The Kier molecular flexibility index (Phi) is 4.10. The second kappa shape index (κ2) is 5.64. The molecule has 106 valence electrons. The van der Waals surface area contributed by atoms with Crippen LogP contribution in [-0.4, -0.2) is 13.4 Å². The number of halogens is 2. The van der Waals surface area contributed by atoms with E-state index in [9.17, 15) is 17.2 Å². The fourth-order valence-electron chi connectivity index (χ4n) is 1.64. The molecule has 0 bridgehead atoms. The lowest BCUT2D eigenvalue weighted by Crippen LogP contribution is -2.27. The number of hydrogen-bond donors (Lipinski definition) is 1. The molecule has 0 radical (unpaired) electrons. The summed E-state index contributed by atoms with van der Waals surface area (Å²) < 4.78 is 52.4. The number of nitrogens with one attached hydrogen (secondary N) is 1. The van der Waals surface area contributed by atoms with Gasteiger partial charge in [0.15, 0.2) is 11.6 Å². The molecule has 0 saturated heterocycles. The molecule has 0 aliphatic rings. The zero-order valence-electron chi connectivity index (χ0n) is 10.5. The molecule has 0 aliphatic carbocycles. The number of hydrogen-bond acceptors (Lipinski definition) is 3. The summed E-state index contributed by atoms with van der Waals surface area (Å²) in [4.78, 5) is 3.56. The van der Waals surface area contributed by atoms with Gasteiger partial charge in [-0.15, -0.1) is 0 Å². The lowest BCUT2D eigenvalue weighted by atomic mass is 10.2. The first-order valence-corrected chi connectivity index (χ1v) is 7.26. The molecule has 0 fully saturated rings. The number of benzene rings is 1. The fourth-order valence-corrected chi connectivity index (χ4v) is 2.89. The van der Waals surface area contributed by atoms with Crippen LogP contribution in [0.15, 0.2) is 47.6 Å². The Morgan fingerprint density at radius 2 is 1.95 bits per heavy atom. The normalized spacial score (nSPS) is 13.2. The Morgan fingerprint density at radius 1 is 1.20 bits per heavy atom. The van der Waals surface area contributed by atoms with E-state index in [0.29, 0.717) is 11.6 Å². The second-order valence-electron chi connectivity index (χ2n) is 4.21. The van der Waals surface area contributed by atoms with E-state index in [0.717, 1.165) is 12.1 Å². The van der Waals surface area contributed by atoms with Crippen molar-refractivity contribution in [3.63, 3.8) is 0 Å². The lowest BCUT2D eigenvalue weighted by Gasteiger charge is -2.14. The summed E-state index contributed by atoms with van der Waals surface area (Å²) in [5.74, 6) is -2.30. The standard InChI is InChI=1S/C13H12F2N2O2S/c1-9(10-3-2-6-16-8-10)17-20(18,19)11-4-5-12(14)13(15)7-11/h2-9,17H,1H3. The number of nitrogens with zero attached hydrogens (tertiary/aromatic N) is 1. The van der Waals surface area contributed by atoms with E-state index in [1.54, 1.807) is 25.3 Å². The minimum Gasteiger partial charge on any atom is -0.264 e. The van der Waals surface area contributed by atoms with Crippen molar-refractivity contribution in [1.29, 1.82) is 0 Å². The molecule has 1 heterocycles. The van der Waals surface area contributed by atoms with Gasteiger partial charge in [-0.2, -0.15) is 0 Å². The molecule has 1 unspecified atom stereocenters. The quantitative estimate of drug-likeness (QED) is 0.943. The molecule has 1 N–H and O–H groups in total. The first-order valence-electron chi connectivity index (χ1n) is 5.77. The van der Waals surface area contributed by atoms with Crippen molar-refractivity contribution in [3.8, 4) is 0 Å². The highest BCUT2D eigenvalue weighted by Gasteiger charge is 2.20. The molecular formula is C13H12F2N2O2S. The van der Waals surface area contributed by atoms with Crippen LogP contribution in [0.4, 0.5) is 8.78 Å². The SMILES string of the molecule is CC(NS(=O)(=O)c1ccc(F)c(F)c1)c1cccnc1. The van der Waals surface area contributed by atoms with Gasteiger partial charge in [0.05, 0.1) is 4.90 Å². The maximum absolute atomic E-state index is 13.1. The van der Waals surface area contributed by atoms with Crippen LogP contribution in [0, 0.1) is 11.6 Å². The summed E-state index contributed by atoms with van der Waals surface area (Å²) in [5, 5.41) is 0. The third-order valence-electron chi connectivity index (χ3n) is 2.72. The van der Waals surface area contributed by atoms with Crippen molar-refractivity contribution in [2.75, 3.05) is 0 Å². The van der Waals surface area contributed by atoms with Gasteiger partial charge in [0.1, 0.15) is 0 Å². The number of aromatic nitrogens is 1. The molecule has 0 amide bonds. The van der Waals surface area contributed by atoms with E-state index >= 15 is 0 Å². The van der Waals surface area contributed by atoms with Crippen molar-refractivity contribution in [1.82, 2.24) is 9.71 Å². The van der Waals surface area contributed by atoms with E-state index in [1.165, 1.54) is 6.20 Å². The smallest absolute Gasteiger partial charge is 0.241 e. The van der Waals surface area contributed by atoms with Crippen LogP contribution in [0.25, 0.3) is 0 Å². The van der Waals surface area contributed by atoms with Gasteiger partial charge < -0.3 is 0 Å². The summed E-state index contributed by atoms with van der Waals surface area (Å²) in [7, 11) is -3.93. The van der Waals surface area contributed by atoms with Crippen LogP contribution in [0.3, 0.4) is 0 Å². The monoisotopic (exact) mass is 298 g/mol. The van der Waals surface area contributed by atoms with Crippen molar-refractivity contribution < 1.29 is 17.2 Å². The molecule has 2 aromatic rings. The number of pyridine rings is 1. The Balaban J connectivity index is 2.25. The highest BCUT2D eigenvalue weighted by molar-refractivity contribution is 7.89. The molecule has 1 aromatic heterocycles. The van der Waals surface area contributed by atoms with Crippen molar-refractivity contribution in [2.45, 2.75) is 17.9 Å². The van der Waals surface area contributed by atoms with Gasteiger partial charge >= 0.3 is 0 Å². The van der Waals surface area contributed by atoms with Crippen molar-refractivity contribution >= 4 is 10.0 Å². The summed E-state index contributed by atoms with van der Waals surface area (Å²) in [6.45, 7) is 1.63. The minimum atomic E-state index is -3.93. The van der Waals surface area contributed by atoms with Crippen LogP contribution < -0.4 is 4.72 Å². The van der Waals surface area contributed by atoms with Crippen molar-refractivity contribution in [3.05, 3.63) is 59.9 Å². The maximum atomic E-state index is 13.1. The minimum absolute atomic E-state index is 0.327. The van der Waals surface area contributed by atoms with Gasteiger partial charge in [-0.05, 0) is 36.8 Å². The van der Waals surface area contributed by atoms with Gasteiger partial charge in [-0.25, -0.2) is 21.9 Å². The van der Waals surface area contributed by atoms with Crippen molar-refractivity contribution in [2.24, 2.45) is 0 Å². The predicted molar refractivity (Wildman–Crippen MR) is 69.3 cm³/mol. The Hall–Kier alpha value is -1.86. The van der Waals surface area contributed by atoms with E-state index in [-0.39, 0.29) is 4.90 Å². The summed E-state index contributed by atoms with van der Waals surface area (Å²) >= 11 is 0.